The molecule has 0 radical (unpaired) electrons. The number of aliphatic hydroxyl groups is 1. The third-order valence-electron chi connectivity index (χ3n) is 4.07. The maximum absolute atomic E-state index is 12.4. The number of anilines is 2. The van der Waals surface area contributed by atoms with Crippen molar-refractivity contribution in [3.63, 3.8) is 0 Å². The molecule has 25 heavy (non-hydrogen) atoms. The second kappa shape index (κ2) is 8.03. The SMILES string of the molecule is CCOC(=O)c1cc(N(C)C)ccc1C(O)c1ccc(N(C)C)cc1. The number of carbonyl (C=O) groups is 1. The number of rotatable bonds is 6. The van der Waals surface area contributed by atoms with Crippen LogP contribution in [0.2, 0.25) is 0 Å². The zero-order chi connectivity index (χ0) is 18.6. The molecule has 2 aromatic carbocycles. The van der Waals surface area contributed by atoms with E-state index in [-0.39, 0.29) is 6.61 Å². The van der Waals surface area contributed by atoms with E-state index in [0.29, 0.717) is 11.1 Å². The summed E-state index contributed by atoms with van der Waals surface area (Å²) in [7, 11) is 7.73. The fourth-order valence-electron chi connectivity index (χ4n) is 2.58. The van der Waals surface area contributed by atoms with Crippen LogP contribution in [-0.4, -0.2) is 45.9 Å². The summed E-state index contributed by atoms with van der Waals surface area (Å²) >= 11 is 0. The summed E-state index contributed by atoms with van der Waals surface area (Å²) in [6, 6.07) is 13.0. The minimum Gasteiger partial charge on any atom is -0.462 e. The second-order valence-electron chi connectivity index (χ2n) is 6.27. The summed E-state index contributed by atoms with van der Waals surface area (Å²) in [5, 5.41) is 10.8. The third kappa shape index (κ3) is 4.31. The Hall–Kier alpha value is -2.53. The van der Waals surface area contributed by atoms with E-state index < -0.39 is 12.1 Å². The van der Waals surface area contributed by atoms with Crippen LogP contribution in [0.25, 0.3) is 0 Å². The highest BCUT2D eigenvalue weighted by molar-refractivity contribution is 5.92. The second-order valence-corrected chi connectivity index (χ2v) is 6.27. The van der Waals surface area contributed by atoms with Gasteiger partial charge in [0.1, 0.15) is 6.10 Å². The quantitative estimate of drug-likeness (QED) is 0.818. The summed E-state index contributed by atoms with van der Waals surface area (Å²) in [6.45, 7) is 2.06. The van der Waals surface area contributed by atoms with Crippen LogP contribution in [0.3, 0.4) is 0 Å². The molecule has 0 saturated heterocycles. The average Bonchev–Trinajstić information content (AvgIpc) is 2.60. The van der Waals surface area contributed by atoms with Crippen molar-refractivity contribution < 1.29 is 14.6 Å². The Kier molecular flexibility index (Phi) is 6.04. The van der Waals surface area contributed by atoms with Gasteiger partial charge in [0.25, 0.3) is 0 Å². The van der Waals surface area contributed by atoms with Crippen molar-refractivity contribution in [1.82, 2.24) is 0 Å². The molecular formula is C20H26N2O3. The van der Waals surface area contributed by atoms with Crippen molar-refractivity contribution in [1.29, 1.82) is 0 Å². The van der Waals surface area contributed by atoms with Gasteiger partial charge in [0.05, 0.1) is 12.2 Å². The van der Waals surface area contributed by atoms with Crippen molar-refractivity contribution in [2.75, 3.05) is 44.6 Å². The maximum atomic E-state index is 12.4. The van der Waals surface area contributed by atoms with E-state index in [1.807, 2.05) is 68.3 Å². The molecule has 134 valence electrons. The van der Waals surface area contributed by atoms with Gasteiger partial charge < -0.3 is 19.6 Å². The average molecular weight is 342 g/mol. The lowest BCUT2D eigenvalue weighted by atomic mass is 9.96. The number of hydrogen-bond acceptors (Lipinski definition) is 5. The largest absolute Gasteiger partial charge is 0.462 e. The van der Waals surface area contributed by atoms with E-state index in [4.69, 9.17) is 4.74 Å². The zero-order valence-electron chi connectivity index (χ0n) is 15.5. The van der Waals surface area contributed by atoms with Crippen molar-refractivity contribution in [3.05, 3.63) is 59.2 Å². The Balaban J connectivity index is 2.43. The summed E-state index contributed by atoms with van der Waals surface area (Å²) in [4.78, 5) is 16.3. The van der Waals surface area contributed by atoms with Gasteiger partial charge in [0.2, 0.25) is 0 Å². The molecule has 1 N–H and O–H groups in total. The molecule has 0 aliphatic carbocycles. The molecule has 0 amide bonds. The van der Waals surface area contributed by atoms with Gasteiger partial charge in [-0.1, -0.05) is 18.2 Å². The van der Waals surface area contributed by atoms with Gasteiger partial charge in [-0.25, -0.2) is 4.79 Å². The highest BCUT2D eigenvalue weighted by Crippen LogP contribution is 2.29. The number of benzene rings is 2. The monoisotopic (exact) mass is 342 g/mol. The number of hydrogen-bond donors (Lipinski definition) is 1. The Labute approximate surface area is 149 Å². The lowest BCUT2D eigenvalue weighted by Crippen LogP contribution is -2.15. The molecule has 0 spiro atoms. The Morgan fingerprint density at radius 3 is 2.08 bits per heavy atom. The van der Waals surface area contributed by atoms with Gasteiger partial charge >= 0.3 is 5.97 Å². The van der Waals surface area contributed by atoms with Gasteiger partial charge in [-0.2, -0.15) is 0 Å². The first-order valence-corrected chi connectivity index (χ1v) is 8.29. The molecule has 1 unspecified atom stereocenters. The molecule has 0 aliphatic heterocycles. The molecule has 2 rings (SSSR count). The van der Waals surface area contributed by atoms with Gasteiger partial charge in [-0.3, -0.25) is 0 Å². The van der Waals surface area contributed by atoms with Crippen molar-refractivity contribution in [3.8, 4) is 0 Å². The molecule has 2 aromatic rings. The lowest BCUT2D eigenvalue weighted by Gasteiger charge is -2.20. The molecule has 0 aromatic heterocycles. The van der Waals surface area contributed by atoms with Crippen LogP contribution in [0.1, 0.15) is 34.5 Å². The molecule has 1 atom stereocenters. The maximum Gasteiger partial charge on any atom is 0.338 e. The van der Waals surface area contributed by atoms with E-state index in [0.717, 1.165) is 16.9 Å². The van der Waals surface area contributed by atoms with Gasteiger partial charge in [0.15, 0.2) is 0 Å². The van der Waals surface area contributed by atoms with Crippen LogP contribution >= 0.6 is 0 Å². The van der Waals surface area contributed by atoms with Crippen LogP contribution < -0.4 is 9.80 Å². The fraction of sp³-hybridized carbons (Fsp3) is 0.350. The van der Waals surface area contributed by atoms with Crippen LogP contribution in [0.4, 0.5) is 11.4 Å². The highest BCUT2D eigenvalue weighted by atomic mass is 16.5. The van der Waals surface area contributed by atoms with Crippen LogP contribution in [0.5, 0.6) is 0 Å². The highest BCUT2D eigenvalue weighted by Gasteiger charge is 2.21. The van der Waals surface area contributed by atoms with Gasteiger partial charge in [-0.15, -0.1) is 0 Å². The van der Waals surface area contributed by atoms with Crippen molar-refractivity contribution >= 4 is 17.3 Å². The van der Waals surface area contributed by atoms with E-state index >= 15 is 0 Å². The lowest BCUT2D eigenvalue weighted by molar-refractivity contribution is 0.0521. The predicted molar refractivity (Wildman–Crippen MR) is 102 cm³/mol. The van der Waals surface area contributed by atoms with Crippen molar-refractivity contribution in [2.45, 2.75) is 13.0 Å². The van der Waals surface area contributed by atoms with E-state index in [1.165, 1.54) is 0 Å². The molecule has 5 heteroatoms. The molecular weight excluding hydrogens is 316 g/mol. The first-order chi connectivity index (χ1) is 11.8. The Bertz CT molecular complexity index is 724. The molecule has 0 heterocycles. The Morgan fingerprint density at radius 1 is 1.00 bits per heavy atom. The van der Waals surface area contributed by atoms with E-state index in [1.54, 1.807) is 19.1 Å². The number of nitrogens with zero attached hydrogens (tertiary/aromatic N) is 2. The standard InChI is InChI=1S/C20H26N2O3/c1-6-25-20(24)18-13-16(22(4)5)11-12-17(18)19(23)14-7-9-15(10-8-14)21(2)3/h7-13,19,23H,6H2,1-5H3. The van der Waals surface area contributed by atoms with Gasteiger partial charge in [0, 0.05) is 39.6 Å². The smallest absolute Gasteiger partial charge is 0.338 e. The predicted octanol–water partition coefficient (Wildman–Crippen LogP) is 3.08. The van der Waals surface area contributed by atoms with Crippen LogP contribution in [0.15, 0.2) is 42.5 Å². The molecule has 0 fully saturated rings. The van der Waals surface area contributed by atoms with E-state index in [9.17, 15) is 9.90 Å². The molecule has 0 aliphatic rings. The minimum atomic E-state index is -0.896. The fourth-order valence-corrected chi connectivity index (χ4v) is 2.58. The Morgan fingerprint density at radius 2 is 1.56 bits per heavy atom. The first kappa shape index (κ1) is 18.8. The van der Waals surface area contributed by atoms with Gasteiger partial charge in [-0.05, 0) is 42.3 Å². The third-order valence-corrected chi connectivity index (χ3v) is 4.07. The summed E-state index contributed by atoms with van der Waals surface area (Å²) in [5.74, 6) is -0.426. The number of ether oxygens (including phenoxy) is 1. The molecule has 0 saturated carbocycles. The normalized spacial score (nSPS) is 11.8. The number of aliphatic hydroxyl groups excluding tert-OH is 1. The number of esters is 1. The zero-order valence-corrected chi connectivity index (χ0v) is 15.5. The first-order valence-electron chi connectivity index (χ1n) is 8.29. The summed E-state index contributed by atoms with van der Waals surface area (Å²) < 4.78 is 5.16. The van der Waals surface area contributed by atoms with Crippen LogP contribution in [-0.2, 0) is 4.74 Å². The van der Waals surface area contributed by atoms with E-state index in [2.05, 4.69) is 0 Å². The minimum absolute atomic E-state index is 0.290. The van der Waals surface area contributed by atoms with Crippen LogP contribution in [0, 0.1) is 0 Å². The topological polar surface area (TPSA) is 53.0 Å². The number of carbonyl (C=O) groups excluding carboxylic acids is 1. The molecule has 5 nitrogen and oxygen atoms in total. The summed E-state index contributed by atoms with van der Waals surface area (Å²) in [5.41, 5.74) is 3.58. The van der Waals surface area contributed by atoms with Crippen molar-refractivity contribution in [2.24, 2.45) is 0 Å². The summed E-state index contributed by atoms with van der Waals surface area (Å²) in [6.07, 6.45) is -0.896. The molecule has 0 bridgehead atoms.